The summed E-state index contributed by atoms with van der Waals surface area (Å²) in [6, 6.07) is 1.41. The predicted molar refractivity (Wildman–Crippen MR) is 78.8 cm³/mol. The van der Waals surface area contributed by atoms with Gasteiger partial charge in [-0.3, -0.25) is 14.9 Å². The van der Waals surface area contributed by atoms with Gasteiger partial charge in [0.2, 0.25) is 0 Å². The van der Waals surface area contributed by atoms with Gasteiger partial charge in [0.25, 0.3) is 11.6 Å². The Labute approximate surface area is 123 Å². The van der Waals surface area contributed by atoms with Gasteiger partial charge in [0.1, 0.15) is 17.6 Å². The van der Waals surface area contributed by atoms with E-state index in [1.165, 1.54) is 6.07 Å². The Hall–Kier alpha value is -2.18. The maximum atomic E-state index is 12.5. The first-order valence-electron chi connectivity index (χ1n) is 7.07. The first kappa shape index (κ1) is 15.2. The number of hydrogen-bond acceptors (Lipinski definition) is 5. The van der Waals surface area contributed by atoms with Crippen LogP contribution in [0.2, 0.25) is 0 Å². The number of nitrogen functional groups attached to an aromatic ring is 1. The number of pyridine rings is 1. The largest absolute Gasteiger partial charge is 0.384 e. The Balaban J connectivity index is 2.23. The van der Waals surface area contributed by atoms with Gasteiger partial charge in [-0.1, -0.05) is 6.92 Å². The summed E-state index contributed by atoms with van der Waals surface area (Å²) in [5, 5.41) is 11.0. The highest BCUT2D eigenvalue weighted by Gasteiger charge is 2.29. The fourth-order valence-electron chi connectivity index (χ4n) is 2.77. The van der Waals surface area contributed by atoms with Gasteiger partial charge in [-0.05, 0) is 37.7 Å². The van der Waals surface area contributed by atoms with Crippen LogP contribution in [0.25, 0.3) is 0 Å². The topological polar surface area (TPSA) is 102 Å². The van der Waals surface area contributed by atoms with Crippen LogP contribution >= 0.6 is 0 Å². The molecule has 7 heteroatoms. The Morgan fingerprint density at radius 1 is 1.43 bits per heavy atom. The maximum Gasteiger partial charge on any atom is 0.300 e. The van der Waals surface area contributed by atoms with Gasteiger partial charge in [0.05, 0.1) is 4.92 Å². The van der Waals surface area contributed by atoms with E-state index in [0.29, 0.717) is 5.92 Å². The van der Waals surface area contributed by atoms with Crippen molar-refractivity contribution in [3.8, 4) is 0 Å². The molecule has 114 valence electrons. The Kier molecular flexibility index (Phi) is 4.40. The van der Waals surface area contributed by atoms with Crippen molar-refractivity contribution in [1.82, 2.24) is 9.88 Å². The van der Waals surface area contributed by atoms with Crippen LogP contribution in [0.3, 0.4) is 0 Å². The molecule has 2 N–H and O–H groups in total. The second kappa shape index (κ2) is 6.07. The molecule has 0 aliphatic heterocycles. The molecule has 0 bridgehead atoms. The van der Waals surface area contributed by atoms with E-state index < -0.39 is 4.92 Å². The third-order valence-electron chi connectivity index (χ3n) is 4.18. The molecule has 0 spiro atoms. The standard InChI is InChI=1S/C14H20N4O3/c1-9-3-5-10(6-4-9)17(2)14(19)11-7-13(15)16-8-12(11)18(20)21/h7-10H,3-6H2,1-2H3,(H2,15,16). The zero-order valence-electron chi connectivity index (χ0n) is 12.3. The van der Waals surface area contributed by atoms with E-state index in [9.17, 15) is 14.9 Å². The van der Waals surface area contributed by atoms with Crippen LogP contribution < -0.4 is 5.73 Å². The number of aromatic nitrogens is 1. The molecule has 0 aromatic carbocycles. The molecule has 0 unspecified atom stereocenters. The summed E-state index contributed by atoms with van der Waals surface area (Å²) in [6.45, 7) is 2.20. The highest BCUT2D eigenvalue weighted by molar-refractivity contribution is 5.98. The van der Waals surface area contributed by atoms with E-state index in [1.807, 2.05) is 0 Å². The van der Waals surface area contributed by atoms with E-state index in [-0.39, 0.29) is 29.0 Å². The molecule has 1 aliphatic rings. The summed E-state index contributed by atoms with van der Waals surface area (Å²) in [7, 11) is 1.70. The molecule has 1 aromatic rings. The van der Waals surface area contributed by atoms with Gasteiger partial charge in [-0.15, -0.1) is 0 Å². The van der Waals surface area contributed by atoms with Crippen LogP contribution in [-0.4, -0.2) is 33.8 Å². The van der Waals surface area contributed by atoms with E-state index in [4.69, 9.17) is 5.73 Å². The summed E-state index contributed by atoms with van der Waals surface area (Å²) in [5.41, 5.74) is 5.27. The highest BCUT2D eigenvalue weighted by atomic mass is 16.6. The van der Waals surface area contributed by atoms with Gasteiger partial charge in [-0.25, -0.2) is 4.98 Å². The normalized spacial score (nSPS) is 21.8. The van der Waals surface area contributed by atoms with Crippen LogP contribution in [0, 0.1) is 16.0 Å². The van der Waals surface area contributed by atoms with Crippen molar-refractivity contribution in [3.05, 3.63) is 27.9 Å². The van der Waals surface area contributed by atoms with Gasteiger partial charge >= 0.3 is 0 Å². The fourth-order valence-corrected chi connectivity index (χ4v) is 2.77. The molecule has 0 radical (unpaired) electrons. The molecule has 0 atom stereocenters. The van der Waals surface area contributed by atoms with Crippen LogP contribution in [0.5, 0.6) is 0 Å². The summed E-state index contributed by atoms with van der Waals surface area (Å²) in [5.74, 6) is 0.417. The van der Waals surface area contributed by atoms with Crippen LogP contribution in [0.15, 0.2) is 12.3 Å². The summed E-state index contributed by atoms with van der Waals surface area (Å²) >= 11 is 0. The number of amides is 1. The summed E-state index contributed by atoms with van der Waals surface area (Å²) < 4.78 is 0. The summed E-state index contributed by atoms with van der Waals surface area (Å²) in [4.78, 5) is 28.3. The molecule has 1 heterocycles. The van der Waals surface area contributed by atoms with E-state index in [0.717, 1.165) is 31.9 Å². The zero-order chi connectivity index (χ0) is 15.6. The Bertz CT molecular complexity index is 553. The molecule has 1 fully saturated rings. The molecule has 7 nitrogen and oxygen atoms in total. The summed E-state index contributed by atoms with van der Waals surface area (Å²) in [6.07, 6.45) is 5.04. The number of carbonyl (C=O) groups is 1. The molecule has 1 aliphatic carbocycles. The third kappa shape index (κ3) is 3.29. The average Bonchev–Trinajstić information content (AvgIpc) is 2.46. The molecule has 0 saturated heterocycles. The lowest BCUT2D eigenvalue weighted by Gasteiger charge is -2.33. The van der Waals surface area contributed by atoms with Crippen molar-refractivity contribution in [1.29, 1.82) is 0 Å². The number of nitrogens with two attached hydrogens (primary N) is 1. The monoisotopic (exact) mass is 292 g/mol. The first-order valence-corrected chi connectivity index (χ1v) is 7.07. The number of rotatable bonds is 3. The van der Waals surface area contributed by atoms with Crippen molar-refractivity contribution in [3.63, 3.8) is 0 Å². The molecule has 1 aromatic heterocycles. The lowest BCUT2D eigenvalue weighted by molar-refractivity contribution is -0.385. The Morgan fingerprint density at radius 3 is 2.62 bits per heavy atom. The third-order valence-corrected chi connectivity index (χ3v) is 4.18. The predicted octanol–water partition coefficient (Wildman–Crippen LogP) is 2.22. The van der Waals surface area contributed by atoms with Gasteiger partial charge < -0.3 is 10.6 Å². The van der Waals surface area contributed by atoms with Crippen molar-refractivity contribution in [2.24, 2.45) is 5.92 Å². The van der Waals surface area contributed by atoms with Crippen LogP contribution in [0.1, 0.15) is 43.0 Å². The van der Waals surface area contributed by atoms with Crippen molar-refractivity contribution >= 4 is 17.4 Å². The zero-order valence-corrected chi connectivity index (χ0v) is 12.3. The minimum absolute atomic E-state index is 0.00798. The quantitative estimate of drug-likeness (QED) is 0.679. The number of hydrogen-bond donors (Lipinski definition) is 1. The average molecular weight is 292 g/mol. The van der Waals surface area contributed by atoms with E-state index in [1.54, 1.807) is 11.9 Å². The van der Waals surface area contributed by atoms with Crippen LogP contribution in [-0.2, 0) is 0 Å². The molecule has 2 rings (SSSR count). The maximum absolute atomic E-state index is 12.5. The number of carbonyl (C=O) groups excluding carboxylic acids is 1. The minimum Gasteiger partial charge on any atom is -0.384 e. The van der Waals surface area contributed by atoms with E-state index >= 15 is 0 Å². The Morgan fingerprint density at radius 2 is 2.05 bits per heavy atom. The first-order chi connectivity index (χ1) is 9.90. The number of anilines is 1. The minimum atomic E-state index is -0.601. The molecule has 1 saturated carbocycles. The highest BCUT2D eigenvalue weighted by Crippen LogP contribution is 2.28. The lowest BCUT2D eigenvalue weighted by atomic mass is 9.86. The second-order valence-electron chi connectivity index (χ2n) is 5.71. The number of nitro groups is 1. The SMILES string of the molecule is CC1CCC(N(C)C(=O)c2cc(N)ncc2[N+](=O)[O-])CC1. The molecule has 21 heavy (non-hydrogen) atoms. The van der Waals surface area contributed by atoms with Gasteiger partial charge in [0.15, 0.2) is 0 Å². The second-order valence-corrected chi connectivity index (χ2v) is 5.71. The smallest absolute Gasteiger partial charge is 0.300 e. The number of nitrogens with zero attached hydrogens (tertiary/aromatic N) is 3. The van der Waals surface area contributed by atoms with E-state index in [2.05, 4.69) is 11.9 Å². The van der Waals surface area contributed by atoms with Crippen molar-refractivity contribution < 1.29 is 9.72 Å². The van der Waals surface area contributed by atoms with Crippen molar-refractivity contribution in [2.45, 2.75) is 38.6 Å². The lowest BCUT2D eigenvalue weighted by Crippen LogP contribution is -2.39. The molecule has 1 amide bonds. The van der Waals surface area contributed by atoms with Gasteiger partial charge in [-0.2, -0.15) is 0 Å². The molecular formula is C14H20N4O3. The van der Waals surface area contributed by atoms with Crippen LogP contribution in [0.4, 0.5) is 11.5 Å². The fraction of sp³-hybridized carbons (Fsp3) is 0.571. The van der Waals surface area contributed by atoms with Crippen molar-refractivity contribution in [2.75, 3.05) is 12.8 Å². The van der Waals surface area contributed by atoms with Gasteiger partial charge in [0, 0.05) is 13.1 Å². The molecular weight excluding hydrogens is 272 g/mol.